The maximum Gasteiger partial charge on any atom is 0.409 e. The van der Waals surface area contributed by atoms with Crippen LogP contribution in [0.25, 0.3) is 0 Å². The molecule has 0 bridgehead atoms. The Morgan fingerprint density at radius 3 is 2.69 bits per heavy atom. The van der Waals surface area contributed by atoms with E-state index in [4.69, 9.17) is 14.2 Å². The molecular formula is C24H23F3N2O6. The molecule has 35 heavy (non-hydrogen) atoms. The van der Waals surface area contributed by atoms with Gasteiger partial charge in [-0.1, -0.05) is 18.2 Å². The van der Waals surface area contributed by atoms with E-state index in [-0.39, 0.29) is 23.0 Å². The second kappa shape index (κ2) is 10.3. The summed E-state index contributed by atoms with van der Waals surface area (Å²) in [5, 5.41) is 2.37. The van der Waals surface area contributed by atoms with Crippen LogP contribution in [-0.2, 0) is 19.1 Å². The van der Waals surface area contributed by atoms with Gasteiger partial charge in [0.15, 0.2) is 6.61 Å². The van der Waals surface area contributed by atoms with Gasteiger partial charge in [-0.05, 0) is 43.2 Å². The van der Waals surface area contributed by atoms with Crippen LogP contribution in [0.2, 0.25) is 0 Å². The standard InChI is InChI=1S/C24H23F3N2O6/c25-24(26,27)20-12-21(30)28-18-8-1-2-9-19(18)29(20)22(31)14-35-23(32)15-5-3-6-16(11-15)34-13-17-7-4-10-33-17/h1-3,5-6,8-9,11,17,20H,4,7,10,12-14H2,(H,28,30)/t17-,20+/m1/s1. The number of halogens is 3. The predicted molar refractivity (Wildman–Crippen MR) is 118 cm³/mol. The average Bonchev–Trinajstić information content (AvgIpc) is 3.29. The minimum Gasteiger partial charge on any atom is -0.491 e. The van der Waals surface area contributed by atoms with Crippen LogP contribution < -0.4 is 15.0 Å². The zero-order valence-electron chi connectivity index (χ0n) is 18.5. The van der Waals surface area contributed by atoms with Crippen LogP contribution in [0.4, 0.5) is 24.5 Å². The highest BCUT2D eigenvalue weighted by Gasteiger charge is 2.49. The van der Waals surface area contributed by atoms with E-state index < -0.39 is 43.0 Å². The molecule has 2 aromatic rings. The van der Waals surface area contributed by atoms with E-state index in [1.165, 1.54) is 36.4 Å². The molecule has 2 amide bonds. The summed E-state index contributed by atoms with van der Waals surface area (Å²) in [5.74, 6) is -2.51. The number of amides is 2. The van der Waals surface area contributed by atoms with Gasteiger partial charge in [0.25, 0.3) is 5.91 Å². The Bertz CT molecular complexity index is 1100. The number of hydrogen-bond donors (Lipinski definition) is 1. The number of carbonyl (C=O) groups excluding carboxylic acids is 3. The van der Waals surface area contributed by atoms with Gasteiger partial charge in [-0.25, -0.2) is 4.79 Å². The number of nitrogens with zero attached hydrogens (tertiary/aromatic N) is 1. The van der Waals surface area contributed by atoms with E-state index in [1.807, 2.05) is 0 Å². The van der Waals surface area contributed by atoms with Crippen molar-refractivity contribution < 1.29 is 41.8 Å². The molecule has 2 aromatic carbocycles. The highest BCUT2D eigenvalue weighted by atomic mass is 19.4. The molecule has 4 rings (SSSR count). The summed E-state index contributed by atoms with van der Waals surface area (Å²) in [7, 11) is 0. The fourth-order valence-corrected chi connectivity index (χ4v) is 3.95. The lowest BCUT2D eigenvalue weighted by Gasteiger charge is -2.31. The number of ether oxygens (including phenoxy) is 3. The topological polar surface area (TPSA) is 94.2 Å². The molecule has 2 atom stereocenters. The van der Waals surface area contributed by atoms with Gasteiger partial charge >= 0.3 is 12.1 Å². The summed E-state index contributed by atoms with van der Waals surface area (Å²) >= 11 is 0. The number of rotatable bonds is 6. The Morgan fingerprint density at radius 2 is 1.94 bits per heavy atom. The van der Waals surface area contributed by atoms with Gasteiger partial charge in [0.2, 0.25) is 5.91 Å². The smallest absolute Gasteiger partial charge is 0.409 e. The summed E-state index contributed by atoms with van der Waals surface area (Å²) in [6.45, 7) is 0.0429. The number of hydrogen-bond acceptors (Lipinski definition) is 6. The molecule has 1 saturated heterocycles. The first kappa shape index (κ1) is 24.5. The number of anilines is 2. The maximum atomic E-state index is 13.8. The third kappa shape index (κ3) is 5.91. The molecule has 1 fully saturated rings. The monoisotopic (exact) mass is 492 g/mol. The number of esters is 1. The highest BCUT2D eigenvalue weighted by Crippen LogP contribution is 2.37. The SMILES string of the molecule is O=C1C[C@@H](C(F)(F)F)N(C(=O)COC(=O)c2cccc(OC[C@H]3CCCO3)c2)c2ccccc2N1. The lowest BCUT2D eigenvalue weighted by Crippen LogP contribution is -2.51. The van der Waals surface area contributed by atoms with Crippen molar-refractivity contribution >= 4 is 29.2 Å². The van der Waals surface area contributed by atoms with E-state index in [0.29, 0.717) is 23.9 Å². The summed E-state index contributed by atoms with van der Waals surface area (Å²) in [6, 6.07) is 9.29. The van der Waals surface area contributed by atoms with Crippen LogP contribution in [0.5, 0.6) is 5.75 Å². The number of carbonyl (C=O) groups is 3. The maximum absolute atomic E-state index is 13.8. The van der Waals surface area contributed by atoms with Gasteiger partial charge in [-0.15, -0.1) is 0 Å². The second-order valence-corrected chi connectivity index (χ2v) is 8.14. The fourth-order valence-electron chi connectivity index (χ4n) is 3.95. The fraction of sp³-hybridized carbons (Fsp3) is 0.375. The lowest BCUT2D eigenvalue weighted by atomic mass is 10.1. The molecule has 0 radical (unpaired) electrons. The molecule has 0 unspecified atom stereocenters. The molecule has 0 aromatic heterocycles. The van der Waals surface area contributed by atoms with Crippen LogP contribution in [-0.4, -0.2) is 55.9 Å². The molecule has 0 saturated carbocycles. The average molecular weight is 492 g/mol. The molecule has 0 spiro atoms. The van der Waals surface area contributed by atoms with E-state index in [9.17, 15) is 27.6 Å². The van der Waals surface area contributed by atoms with Gasteiger partial charge in [0, 0.05) is 6.61 Å². The molecular weight excluding hydrogens is 469 g/mol. The third-order valence-electron chi connectivity index (χ3n) is 5.63. The first-order valence-corrected chi connectivity index (χ1v) is 11.0. The van der Waals surface area contributed by atoms with Crippen molar-refractivity contribution in [3.8, 4) is 5.75 Å². The van der Waals surface area contributed by atoms with Crippen LogP contribution in [0.3, 0.4) is 0 Å². The van der Waals surface area contributed by atoms with Crippen molar-refractivity contribution in [1.82, 2.24) is 0 Å². The van der Waals surface area contributed by atoms with E-state index >= 15 is 0 Å². The van der Waals surface area contributed by atoms with E-state index in [1.54, 1.807) is 12.1 Å². The predicted octanol–water partition coefficient (Wildman–Crippen LogP) is 3.71. The summed E-state index contributed by atoms with van der Waals surface area (Å²) < 4.78 is 57.5. The van der Waals surface area contributed by atoms with Gasteiger partial charge in [-0.3, -0.25) is 14.5 Å². The number of benzene rings is 2. The van der Waals surface area contributed by atoms with Crippen molar-refractivity contribution in [1.29, 1.82) is 0 Å². The normalized spacial score (nSPS) is 20.0. The number of fused-ring (bicyclic) bond motifs is 1. The van der Waals surface area contributed by atoms with Crippen LogP contribution in [0.1, 0.15) is 29.6 Å². The second-order valence-electron chi connectivity index (χ2n) is 8.14. The van der Waals surface area contributed by atoms with Crippen molar-refractivity contribution in [3.05, 3.63) is 54.1 Å². The minimum atomic E-state index is -4.89. The van der Waals surface area contributed by atoms with Gasteiger partial charge in [0.05, 0.1) is 29.5 Å². The summed E-state index contributed by atoms with van der Waals surface area (Å²) in [4.78, 5) is 37.9. The minimum absolute atomic E-state index is 0.0253. The van der Waals surface area contributed by atoms with Crippen molar-refractivity contribution in [2.24, 2.45) is 0 Å². The molecule has 186 valence electrons. The van der Waals surface area contributed by atoms with Crippen molar-refractivity contribution in [3.63, 3.8) is 0 Å². The molecule has 11 heteroatoms. The Balaban J connectivity index is 1.46. The first-order chi connectivity index (χ1) is 16.7. The summed E-state index contributed by atoms with van der Waals surface area (Å²) in [5.41, 5.74) is -0.00519. The Morgan fingerprint density at radius 1 is 1.14 bits per heavy atom. The summed E-state index contributed by atoms with van der Waals surface area (Å²) in [6.07, 6.45) is -4.06. The third-order valence-corrected chi connectivity index (χ3v) is 5.63. The van der Waals surface area contributed by atoms with Crippen molar-refractivity contribution in [2.75, 3.05) is 30.0 Å². The van der Waals surface area contributed by atoms with E-state index in [0.717, 1.165) is 12.8 Å². The quantitative estimate of drug-likeness (QED) is 0.618. The molecule has 1 N–H and O–H groups in total. The van der Waals surface area contributed by atoms with Crippen LogP contribution in [0, 0.1) is 0 Å². The molecule has 2 aliphatic heterocycles. The van der Waals surface area contributed by atoms with Gasteiger partial charge < -0.3 is 19.5 Å². The largest absolute Gasteiger partial charge is 0.491 e. The first-order valence-electron chi connectivity index (χ1n) is 11.0. The Labute approximate surface area is 198 Å². The Hall–Kier alpha value is -3.60. The number of para-hydroxylation sites is 2. The molecule has 2 heterocycles. The molecule has 0 aliphatic carbocycles. The zero-order chi connectivity index (χ0) is 25.0. The number of alkyl halides is 3. The zero-order valence-corrected chi connectivity index (χ0v) is 18.5. The lowest BCUT2D eigenvalue weighted by molar-refractivity contribution is -0.158. The molecule has 8 nitrogen and oxygen atoms in total. The van der Waals surface area contributed by atoms with E-state index in [2.05, 4.69) is 5.32 Å². The molecule has 2 aliphatic rings. The number of nitrogens with one attached hydrogen (secondary N) is 1. The van der Waals surface area contributed by atoms with Gasteiger partial charge in [-0.2, -0.15) is 13.2 Å². The van der Waals surface area contributed by atoms with Gasteiger partial charge in [0.1, 0.15) is 18.4 Å². The van der Waals surface area contributed by atoms with Crippen LogP contribution >= 0.6 is 0 Å². The highest BCUT2D eigenvalue weighted by molar-refractivity contribution is 6.05. The Kier molecular flexibility index (Phi) is 7.25. The van der Waals surface area contributed by atoms with Crippen molar-refractivity contribution in [2.45, 2.75) is 37.6 Å². The van der Waals surface area contributed by atoms with Crippen LogP contribution in [0.15, 0.2) is 48.5 Å².